The number of ketones is 1. The van der Waals surface area contributed by atoms with E-state index in [1.807, 2.05) is 54.6 Å². The molecule has 0 aliphatic rings. The average molecular weight is 282 g/mol. The van der Waals surface area contributed by atoms with Crippen LogP contribution in [0.3, 0.4) is 0 Å². The van der Waals surface area contributed by atoms with Crippen LogP contribution in [0.25, 0.3) is 0 Å². The zero-order valence-corrected chi connectivity index (χ0v) is 13.1. The molecular formula is C19H22O2. The molecule has 1 atom stereocenters. The van der Waals surface area contributed by atoms with Gasteiger partial charge in [0.15, 0.2) is 5.78 Å². The van der Waals surface area contributed by atoms with Crippen molar-refractivity contribution in [2.45, 2.75) is 32.3 Å². The molecule has 0 spiro atoms. The van der Waals surface area contributed by atoms with Crippen LogP contribution in [-0.4, -0.2) is 12.9 Å². The number of benzene rings is 2. The van der Waals surface area contributed by atoms with Crippen LogP contribution in [-0.2, 0) is 10.2 Å². The largest absolute Gasteiger partial charge is 0.369 e. The minimum Gasteiger partial charge on any atom is -0.369 e. The predicted molar refractivity (Wildman–Crippen MR) is 85.7 cm³/mol. The first-order valence-corrected chi connectivity index (χ1v) is 7.16. The lowest BCUT2D eigenvalue weighted by atomic mass is 9.86. The zero-order chi connectivity index (χ0) is 15.5. The van der Waals surface area contributed by atoms with Crippen molar-refractivity contribution in [2.24, 2.45) is 0 Å². The van der Waals surface area contributed by atoms with Crippen LogP contribution in [0.4, 0.5) is 0 Å². The van der Waals surface area contributed by atoms with Gasteiger partial charge in [0.1, 0.15) is 6.10 Å². The fraction of sp³-hybridized carbons (Fsp3) is 0.316. The number of rotatable bonds is 4. The standard InChI is InChI=1S/C19H22O2/c1-19(2,3)16-12-10-14(11-13-16)17(20)18(21-4)15-8-6-5-7-9-15/h5-13,18H,1-4H3. The van der Waals surface area contributed by atoms with E-state index < -0.39 is 6.10 Å². The second kappa shape index (κ2) is 6.23. The van der Waals surface area contributed by atoms with Gasteiger partial charge in [-0.3, -0.25) is 4.79 Å². The smallest absolute Gasteiger partial charge is 0.196 e. The third kappa shape index (κ3) is 3.59. The highest BCUT2D eigenvalue weighted by Crippen LogP contribution is 2.25. The highest BCUT2D eigenvalue weighted by molar-refractivity contribution is 6.00. The number of Topliss-reactive ketones (excluding diaryl/α,β-unsaturated/α-hetero) is 1. The van der Waals surface area contributed by atoms with E-state index in [9.17, 15) is 4.79 Å². The summed E-state index contributed by atoms with van der Waals surface area (Å²) in [6.45, 7) is 6.48. The van der Waals surface area contributed by atoms with Gasteiger partial charge in [-0.25, -0.2) is 0 Å². The molecule has 21 heavy (non-hydrogen) atoms. The van der Waals surface area contributed by atoms with Gasteiger partial charge in [-0.2, -0.15) is 0 Å². The summed E-state index contributed by atoms with van der Waals surface area (Å²) >= 11 is 0. The molecule has 2 rings (SSSR count). The van der Waals surface area contributed by atoms with Gasteiger partial charge in [-0.05, 0) is 16.5 Å². The van der Waals surface area contributed by atoms with E-state index >= 15 is 0 Å². The molecule has 0 saturated heterocycles. The summed E-state index contributed by atoms with van der Waals surface area (Å²) in [5.41, 5.74) is 2.86. The second-order valence-corrected chi connectivity index (χ2v) is 6.22. The fourth-order valence-electron chi connectivity index (χ4n) is 2.31. The molecule has 0 aliphatic heterocycles. The second-order valence-electron chi connectivity index (χ2n) is 6.22. The van der Waals surface area contributed by atoms with Crippen LogP contribution in [0.15, 0.2) is 54.6 Å². The lowest BCUT2D eigenvalue weighted by Crippen LogP contribution is -2.16. The minimum atomic E-state index is -0.549. The Morgan fingerprint density at radius 2 is 1.52 bits per heavy atom. The molecule has 2 heteroatoms. The molecule has 0 bridgehead atoms. The van der Waals surface area contributed by atoms with Crippen molar-refractivity contribution in [2.75, 3.05) is 7.11 Å². The first-order valence-electron chi connectivity index (χ1n) is 7.16. The Balaban J connectivity index is 2.26. The molecule has 2 aromatic carbocycles. The summed E-state index contributed by atoms with van der Waals surface area (Å²) in [6, 6.07) is 17.4. The minimum absolute atomic E-state index is 0.0100. The van der Waals surface area contributed by atoms with Crippen molar-refractivity contribution in [3.05, 3.63) is 71.3 Å². The molecule has 0 amide bonds. The normalized spacial score (nSPS) is 13.0. The van der Waals surface area contributed by atoms with Gasteiger partial charge in [0.25, 0.3) is 0 Å². The molecular weight excluding hydrogens is 260 g/mol. The molecule has 0 fully saturated rings. The van der Waals surface area contributed by atoms with Gasteiger partial charge in [0, 0.05) is 12.7 Å². The SMILES string of the molecule is COC(C(=O)c1ccc(C(C)(C)C)cc1)c1ccccc1. The summed E-state index contributed by atoms with van der Waals surface area (Å²) in [5, 5.41) is 0. The number of methoxy groups -OCH3 is 1. The zero-order valence-electron chi connectivity index (χ0n) is 13.1. The van der Waals surface area contributed by atoms with E-state index in [0.717, 1.165) is 5.56 Å². The highest BCUT2D eigenvalue weighted by Gasteiger charge is 2.22. The lowest BCUT2D eigenvalue weighted by Gasteiger charge is -2.20. The van der Waals surface area contributed by atoms with Crippen molar-refractivity contribution in [3.63, 3.8) is 0 Å². The molecule has 0 saturated carbocycles. The molecule has 0 N–H and O–H groups in total. The molecule has 0 heterocycles. The predicted octanol–water partition coefficient (Wildman–Crippen LogP) is 4.55. The number of hydrogen-bond acceptors (Lipinski definition) is 2. The van der Waals surface area contributed by atoms with Crippen molar-refractivity contribution >= 4 is 5.78 Å². The van der Waals surface area contributed by atoms with Crippen LogP contribution in [0.5, 0.6) is 0 Å². The van der Waals surface area contributed by atoms with E-state index in [1.54, 1.807) is 7.11 Å². The Hall–Kier alpha value is -1.93. The molecule has 2 aromatic rings. The molecule has 2 nitrogen and oxygen atoms in total. The van der Waals surface area contributed by atoms with E-state index in [1.165, 1.54) is 5.56 Å². The van der Waals surface area contributed by atoms with Crippen LogP contribution in [0.2, 0.25) is 0 Å². The van der Waals surface area contributed by atoms with Gasteiger partial charge in [-0.1, -0.05) is 75.4 Å². The Morgan fingerprint density at radius 1 is 0.952 bits per heavy atom. The third-order valence-corrected chi connectivity index (χ3v) is 3.61. The van der Waals surface area contributed by atoms with Crippen molar-refractivity contribution in [1.29, 1.82) is 0 Å². The first-order chi connectivity index (χ1) is 9.93. The quantitative estimate of drug-likeness (QED) is 0.769. The molecule has 0 radical (unpaired) electrons. The summed E-state index contributed by atoms with van der Waals surface area (Å²) in [6.07, 6.45) is -0.549. The summed E-state index contributed by atoms with van der Waals surface area (Å²) in [5.74, 6) is -0.0100. The summed E-state index contributed by atoms with van der Waals surface area (Å²) in [4.78, 5) is 12.6. The van der Waals surface area contributed by atoms with E-state index in [0.29, 0.717) is 5.56 Å². The van der Waals surface area contributed by atoms with Crippen LogP contribution >= 0.6 is 0 Å². The molecule has 0 aliphatic carbocycles. The fourth-order valence-corrected chi connectivity index (χ4v) is 2.31. The number of hydrogen-bond donors (Lipinski definition) is 0. The molecule has 0 aromatic heterocycles. The third-order valence-electron chi connectivity index (χ3n) is 3.61. The topological polar surface area (TPSA) is 26.3 Å². The Bertz CT molecular complexity index is 592. The number of ether oxygens (including phenoxy) is 1. The van der Waals surface area contributed by atoms with E-state index in [2.05, 4.69) is 20.8 Å². The highest BCUT2D eigenvalue weighted by atomic mass is 16.5. The monoisotopic (exact) mass is 282 g/mol. The molecule has 1 unspecified atom stereocenters. The van der Waals surface area contributed by atoms with Gasteiger partial charge in [0.05, 0.1) is 0 Å². The maximum Gasteiger partial charge on any atom is 0.196 e. The van der Waals surface area contributed by atoms with Crippen molar-refractivity contribution in [1.82, 2.24) is 0 Å². The number of carbonyl (C=O) groups excluding carboxylic acids is 1. The van der Waals surface area contributed by atoms with Crippen LogP contribution in [0.1, 0.15) is 48.4 Å². The van der Waals surface area contributed by atoms with E-state index in [4.69, 9.17) is 4.74 Å². The van der Waals surface area contributed by atoms with Crippen LogP contribution < -0.4 is 0 Å². The first kappa shape index (κ1) is 15.5. The lowest BCUT2D eigenvalue weighted by molar-refractivity contribution is 0.0604. The van der Waals surface area contributed by atoms with Gasteiger partial charge < -0.3 is 4.74 Å². The van der Waals surface area contributed by atoms with Gasteiger partial charge in [-0.15, -0.1) is 0 Å². The number of carbonyl (C=O) groups is 1. The maximum atomic E-state index is 12.6. The van der Waals surface area contributed by atoms with Crippen molar-refractivity contribution < 1.29 is 9.53 Å². The Labute approximate surface area is 126 Å². The van der Waals surface area contributed by atoms with Gasteiger partial charge >= 0.3 is 0 Å². The van der Waals surface area contributed by atoms with Crippen molar-refractivity contribution in [3.8, 4) is 0 Å². The summed E-state index contributed by atoms with van der Waals surface area (Å²) in [7, 11) is 1.57. The average Bonchev–Trinajstić information content (AvgIpc) is 2.48. The summed E-state index contributed by atoms with van der Waals surface area (Å²) < 4.78 is 5.40. The Morgan fingerprint density at radius 3 is 2.00 bits per heavy atom. The van der Waals surface area contributed by atoms with Crippen LogP contribution in [0, 0.1) is 0 Å². The van der Waals surface area contributed by atoms with E-state index in [-0.39, 0.29) is 11.2 Å². The van der Waals surface area contributed by atoms with Gasteiger partial charge in [0.2, 0.25) is 0 Å². The Kier molecular flexibility index (Phi) is 4.59. The molecule has 110 valence electrons. The maximum absolute atomic E-state index is 12.6.